The molecule has 2 unspecified atom stereocenters. The Kier molecular flexibility index (Phi) is 4.38. The first-order valence-corrected chi connectivity index (χ1v) is 8.77. The van der Waals surface area contributed by atoms with Gasteiger partial charge >= 0.3 is 11.9 Å². The number of fused-ring (bicyclic) bond motifs is 1. The topological polar surface area (TPSA) is 61.1 Å². The van der Waals surface area contributed by atoms with Crippen molar-refractivity contribution in [2.24, 2.45) is 5.92 Å². The largest absolute Gasteiger partial charge is 0.389 e. The SMILES string of the molecule is Cc1c(C=O)sc2c1c(=O)n(C1CC1C)c(=O)n2CCCC(F)(F)F. The molecule has 25 heavy (non-hydrogen) atoms. The molecule has 0 saturated heterocycles. The molecule has 1 saturated carbocycles. The first kappa shape index (κ1) is 17.9. The van der Waals surface area contributed by atoms with E-state index in [1.807, 2.05) is 6.92 Å². The van der Waals surface area contributed by atoms with Gasteiger partial charge < -0.3 is 0 Å². The molecular weight excluding hydrogens is 357 g/mol. The minimum Gasteiger partial charge on any atom is -0.297 e. The fraction of sp³-hybridized carbons (Fsp3) is 0.562. The highest BCUT2D eigenvalue weighted by Crippen LogP contribution is 2.41. The summed E-state index contributed by atoms with van der Waals surface area (Å²) in [7, 11) is 0. The van der Waals surface area contributed by atoms with Crippen molar-refractivity contribution in [3.05, 3.63) is 31.3 Å². The second-order valence-electron chi connectivity index (χ2n) is 6.50. The molecule has 0 bridgehead atoms. The van der Waals surface area contributed by atoms with E-state index < -0.39 is 23.8 Å². The molecule has 136 valence electrons. The molecule has 2 atom stereocenters. The van der Waals surface area contributed by atoms with Crippen LogP contribution < -0.4 is 11.2 Å². The molecule has 0 amide bonds. The Morgan fingerprint density at radius 1 is 1.32 bits per heavy atom. The van der Waals surface area contributed by atoms with E-state index in [4.69, 9.17) is 0 Å². The molecular formula is C16H17F3N2O3S. The van der Waals surface area contributed by atoms with Crippen LogP contribution in [0, 0.1) is 12.8 Å². The van der Waals surface area contributed by atoms with E-state index in [1.54, 1.807) is 6.92 Å². The average Bonchev–Trinajstić information content (AvgIpc) is 3.11. The summed E-state index contributed by atoms with van der Waals surface area (Å²) < 4.78 is 39.7. The highest BCUT2D eigenvalue weighted by atomic mass is 32.1. The average molecular weight is 374 g/mol. The van der Waals surface area contributed by atoms with E-state index in [0.717, 1.165) is 15.9 Å². The number of aryl methyl sites for hydroxylation is 2. The van der Waals surface area contributed by atoms with Gasteiger partial charge in [-0.3, -0.25) is 18.7 Å². The Morgan fingerprint density at radius 3 is 2.48 bits per heavy atom. The van der Waals surface area contributed by atoms with Crippen molar-refractivity contribution in [2.75, 3.05) is 0 Å². The minimum absolute atomic E-state index is 0.144. The van der Waals surface area contributed by atoms with E-state index in [1.165, 1.54) is 4.57 Å². The Bertz CT molecular complexity index is 955. The van der Waals surface area contributed by atoms with Gasteiger partial charge in [0, 0.05) is 19.0 Å². The second kappa shape index (κ2) is 6.12. The summed E-state index contributed by atoms with van der Waals surface area (Å²) >= 11 is 0.979. The number of rotatable bonds is 5. The van der Waals surface area contributed by atoms with Crippen molar-refractivity contribution in [3.8, 4) is 0 Å². The molecule has 1 fully saturated rings. The summed E-state index contributed by atoms with van der Waals surface area (Å²) in [5.74, 6) is 0.177. The van der Waals surface area contributed by atoms with Gasteiger partial charge in [0.2, 0.25) is 0 Å². The van der Waals surface area contributed by atoms with Crippen LogP contribution in [0.3, 0.4) is 0 Å². The van der Waals surface area contributed by atoms with Gasteiger partial charge in [0.15, 0.2) is 6.29 Å². The Labute approximate surface area is 144 Å². The lowest BCUT2D eigenvalue weighted by Crippen LogP contribution is -2.39. The summed E-state index contributed by atoms with van der Waals surface area (Å²) in [5, 5.41) is 0.262. The number of carbonyl (C=O) groups is 1. The van der Waals surface area contributed by atoms with Gasteiger partial charge in [0.05, 0.1) is 10.3 Å². The van der Waals surface area contributed by atoms with Gasteiger partial charge in [-0.2, -0.15) is 13.2 Å². The predicted octanol–water partition coefficient (Wildman–Crippen LogP) is 3.27. The number of hydrogen-bond donors (Lipinski definition) is 0. The Hall–Kier alpha value is -1.90. The molecule has 0 spiro atoms. The van der Waals surface area contributed by atoms with Crippen LogP contribution in [0.4, 0.5) is 13.2 Å². The van der Waals surface area contributed by atoms with Gasteiger partial charge in [-0.05, 0) is 31.2 Å². The van der Waals surface area contributed by atoms with Crippen LogP contribution in [0.5, 0.6) is 0 Å². The molecule has 9 heteroatoms. The van der Waals surface area contributed by atoms with Crippen molar-refractivity contribution in [3.63, 3.8) is 0 Å². The summed E-state index contributed by atoms with van der Waals surface area (Å²) in [6.07, 6.45) is -4.28. The van der Waals surface area contributed by atoms with Crippen LogP contribution in [0.25, 0.3) is 10.2 Å². The standard InChI is InChI=1S/C16H17F3N2O3S/c1-8-6-10(8)21-13(23)12-9(2)11(7-22)25-14(12)20(15(21)24)5-3-4-16(17,18)19/h7-8,10H,3-6H2,1-2H3. The maximum Gasteiger partial charge on any atom is 0.389 e. The van der Waals surface area contributed by atoms with E-state index in [-0.39, 0.29) is 35.1 Å². The van der Waals surface area contributed by atoms with Gasteiger partial charge in [0.1, 0.15) is 4.83 Å². The van der Waals surface area contributed by atoms with Gasteiger partial charge in [-0.25, -0.2) is 4.79 Å². The number of hydrogen-bond acceptors (Lipinski definition) is 4. The van der Waals surface area contributed by atoms with Crippen molar-refractivity contribution in [2.45, 2.75) is 51.9 Å². The molecule has 1 aliphatic carbocycles. The lowest BCUT2D eigenvalue weighted by Gasteiger charge is -2.13. The van der Waals surface area contributed by atoms with Crippen LogP contribution in [0.1, 0.15) is 47.5 Å². The molecule has 0 aliphatic heterocycles. The third kappa shape index (κ3) is 3.17. The maximum atomic E-state index is 12.8. The zero-order chi connectivity index (χ0) is 18.5. The summed E-state index contributed by atoms with van der Waals surface area (Å²) in [5.41, 5.74) is -0.567. The molecule has 5 nitrogen and oxygen atoms in total. The first-order chi connectivity index (χ1) is 11.7. The van der Waals surface area contributed by atoms with Crippen LogP contribution in [0.2, 0.25) is 0 Å². The number of halogens is 3. The third-order valence-electron chi connectivity index (χ3n) is 4.63. The van der Waals surface area contributed by atoms with Gasteiger partial charge in [-0.15, -0.1) is 11.3 Å². The van der Waals surface area contributed by atoms with Crippen molar-refractivity contribution >= 4 is 27.8 Å². The lowest BCUT2D eigenvalue weighted by molar-refractivity contribution is -0.135. The molecule has 0 aromatic carbocycles. The highest BCUT2D eigenvalue weighted by Gasteiger charge is 2.38. The molecule has 1 aliphatic rings. The van der Waals surface area contributed by atoms with Crippen molar-refractivity contribution in [1.82, 2.24) is 9.13 Å². The zero-order valence-corrected chi connectivity index (χ0v) is 14.5. The van der Waals surface area contributed by atoms with E-state index >= 15 is 0 Å². The quantitative estimate of drug-likeness (QED) is 0.755. The molecule has 0 N–H and O–H groups in total. The van der Waals surface area contributed by atoms with E-state index in [9.17, 15) is 27.6 Å². The molecule has 2 aromatic heterocycles. The smallest absolute Gasteiger partial charge is 0.297 e. The number of aldehydes is 1. The monoisotopic (exact) mass is 374 g/mol. The number of aromatic nitrogens is 2. The van der Waals surface area contributed by atoms with Crippen LogP contribution >= 0.6 is 11.3 Å². The van der Waals surface area contributed by atoms with Crippen molar-refractivity contribution in [1.29, 1.82) is 0 Å². The van der Waals surface area contributed by atoms with Gasteiger partial charge in [-0.1, -0.05) is 6.92 Å². The van der Waals surface area contributed by atoms with E-state index in [0.29, 0.717) is 23.1 Å². The Balaban J connectivity index is 2.18. The van der Waals surface area contributed by atoms with Crippen LogP contribution in [-0.2, 0) is 6.54 Å². The predicted molar refractivity (Wildman–Crippen MR) is 88.6 cm³/mol. The second-order valence-corrected chi connectivity index (χ2v) is 7.53. The number of carbonyl (C=O) groups excluding carboxylic acids is 1. The first-order valence-electron chi connectivity index (χ1n) is 7.96. The zero-order valence-electron chi connectivity index (χ0n) is 13.7. The summed E-state index contributed by atoms with van der Waals surface area (Å²) in [6.45, 7) is 3.38. The summed E-state index contributed by atoms with van der Waals surface area (Å²) in [6, 6.07) is -0.225. The normalized spacial score (nSPS) is 20.2. The highest BCUT2D eigenvalue weighted by molar-refractivity contribution is 7.20. The van der Waals surface area contributed by atoms with Crippen LogP contribution in [0.15, 0.2) is 9.59 Å². The molecule has 3 rings (SSSR count). The van der Waals surface area contributed by atoms with Gasteiger partial charge in [0.25, 0.3) is 5.56 Å². The fourth-order valence-corrected chi connectivity index (χ4v) is 4.22. The number of alkyl halides is 3. The fourth-order valence-electron chi connectivity index (χ4n) is 3.08. The van der Waals surface area contributed by atoms with Crippen LogP contribution in [-0.4, -0.2) is 21.6 Å². The molecule has 0 radical (unpaired) electrons. The molecule has 2 heterocycles. The minimum atomic E-state index is -4.30. The third-order valence-corrected chi connectivity index (χ3v) is 5.87. The summed E-state index contributed by atoms with van der Waals surface area (Å²) in [4.78, 5) is 37.3. The number of thiophene rings is 1. The Morgan fingerprint density at radius 2 is 1.96 bits per heavy atom. The maximum absolute atomic E-state index is 12.8. The lowest BCUT2D eigenvalue weighted by atomic mass is 10.2. The molecule has 2 aromatic rings. The number of nitrogens with zero attached hydrogens (tertiary/aromatic N) is 2. The van der Waals surface area contributed by atoms with Crippen molar-refractivity contribution < 1.29 is 18.0 Å². The van der Waals surface area contributed by atoms with E-state index in [2.05, 4.69) is 0 Å².